The maximum atomic E-state index is 11.7. The van der Waals surface area contributed by atoms with Crippen molar-refractivity contribution in [1.82, 2.24) is 25.8 Å². The Labute approximate surface area is 140 Å². The number of furan rings is 1. The number of halogens is 1. The van der Waals surface area contributed by atoms with Gasteiger partial charge in [-0.25, -0.2) is 4.79 Å². The highest BCUT2D eigenvalue weighted by Crippen LogP contribution is 2.16. The third kappa shape index (κ3) is 3.82. The molecule has 0 fully saturated rings. The number of nitrogens with zero attached hydrogens (tertiary/aromatic N) is 3. The van der Waals surface area contributed by atoms with E-state index in [1.165, 1.54) is 6.26 Å². The van der Waals surface area contributed by atoms with Crippen LogP contribution in [0, 0.1) is 0 Å². The van der Waals surface area contributed by atoms with E-state index in [9.17, 15) is 9.59 Å². The van der Waals surface area contributed by atoms with Gasteiger partial charge in [0.25, 0.3) is 5.91 Å². The van der Waals surface area contributed by atoms with Crippen molar-refractivity contribution in [2.24, 2.45) is 0 Å². The molecule has 1 aromatic carbocycles. The molecule has 3 amide bonds. The minimum absolute atomic E-state index is 0.166. The van der Waals surface area contributed by atoms with Crippen molar-refractivity contribution in [1.29, 1.82) is 0 Å². The Balaban J connectivity index is 1.49. The molecule has 0 unspecified atom stereocenters. The molecule has 9 nitrogen and oxygen atoms in total. The summed E-state index contributed by atoms with van der Waals surface area (Å²) < 4.78 is 5.05. The summed E-state index contributed by atoms with van der Waals surface area (Å²) in [7, 11) is 0. The van der Waals surface area contributed by atoms with Crippen LogP contribution in [-0.2, 0) is 11.3 Å². The molecule has 124 valence electrons. The zero-order valence-electron chi connectivity index (χ0n) is 12.2. The van der Waals surface area contributed by atoms with E-state index in [4.69, 9.17) is 20.9 Å². The first-order valence-corrected chi connectivity index (χ1v) is 7.24. The van der Waals surface area contributed by atoms with Gasteiger partial charge in [0.15, 0.2) is 6.61 Å². The van der Waals surface area contributed by atoms with Gasteiger partial charge in [-0.05, 0) is 35.5 Å². The van der Waals surface area contributed by atoms with Crippen LogP contribution in [-0.4, -0.2) is 33.7 Å². The predicted octanol–water partition coefficient (Wildman–Crippen LogP) is 1.13. The highest BCUT2D eigenvalue weighted by Gasteiger charge is 2.11. The Morgan fingerprint density at radius 2 is 2.21 bits per heavy atom. The molecule has 3 rings (SSSR count). The number of hydrogen-bond acceptors (Lipinski definition) is 6. The van der Waals surface area contributed by atoms with Gasteiger partial charge in [0.05, 0.1) is 12.8 Å². The van der Waals surface area contributed by atoms with Gasteiger partial charge >= 0.3 is 6.03 Å². The summed E-state index contributed by atoms with van der Waals surface area (Å²) in [6.45, 7) is -0.252. The minimum Gasteiger partial charge on any atom is -0.467 e. The van der Waals surface area contributed by atoms with Crippen LogP contribution in [0.2, 0.25) is 5.02 Å². The Bertz CT molecular complexity index is 861. The number of hydrogen-bond donors (Lipinski definition) is 2. The fourth-order valence-electron chi connectivity index (χ4n) is 1.87. The van der Waals surface area contributed by atoms with Crippen molar-refractivity contribution >= 4 is 34.6 Å². The first kappa shape index (κ1) is 15.8. The quantitative estimate of drug-likeness (QED) is 0.714. The Morgan fingerprint density at radius 3 is 3.00 bits per heavy atom. The molecule has 3 aromatic rings. The van der Waals surface area contributed by atoms with Crippen LogP contribution in [0.4, 0.5) is 4.79 Å². The first-order valence-electron chi connectivity index (χ1n) is 6.86. The number of carbonyl (C=O) groups is 2. The van der Waals surface area contributed by atoms with Crippen molar-refractivity contribution in [3.05, 3.63) is 47.4 Å². The maximum Gasteiger partial charge on any atom is 0.321 e. The standard InChI is InChI=1S/C14H12ClN5O4/c15-9-3-4-11-12(6-9)20(19-18-11)24-8-13(21)17-14(22)16-7-10-2-1-5-23-10/h1-6H,7-8H2,(H2,16,17,21,22). The van der Waals surface area contributed by atoms with Gasteiger partial charge in [-0.2, -0.15) is 0 Å². The van der Waals surface area contributed by atoms with Crippen molar-refractivity contribution in [2.75, 3.05) is 6.61 Å². The first-order chi connectivity index (χ1) is 11.6. The Morgan fingerprint density at radius 1 is 1.33 bits per heavy atom. The number of carbonyl (C=O) groups excluding carboxylic acids is 2. The van der Waals surface area contributed by atoms with E-state index < -0.39 is 18.5 Å². The lowest BCUT2D eigenvalue weighted by atomic mass is 10.3. The van der Waals surface area contributed by atoms with E-state index in [-0.39, 0.29) is 6.54 Å². The molecule has 0 saturated heterocycles. The molecule has 0 bridgehead atoms. The average molecular weight is 350 g/mol. The van der Waals surface area contributed by atoms with Crippen LogP contribution in [0.3, 0.4) is 0 Å². The lowest BCUT2D eigenvalue weighted by Gasteiger charge is -2.07. The molecular weight excluding hydrogens is 338 g/mol. The molecule has 0 atom stereocenters. The normalized spacial score (nSPS) is 10.5. The van der Waals surface area contributed by atoms with Crippen molar-refractivity contribution in [3.63, 3.8) is 0 Å². The van der Waals surface area contributed by atoms with Crippen LogP contribution in [0.5, 0.6) is 0 Å². The van der Waals surface area contributed by atoms with Crippen LogP contribution in [0.25, 0.3) is 11.0 Å². The third-order valence-corrected chi connectivity index (χ3v) is 3.19. The Hall–Kier alpha value is -3.07. The Kier molecular flexibility index (Phi) is 4.62. The highest BCUT2D eigenvalue weighted by atomic mass is 35.5. The van der Waals surface area contributed by atoms with E-state index in [1.54, 1.807) is 30.3 Å². The van der Waals surface area contributed by atoms with Gasteiger partial charge in [-0.1, -0.05) is 16.4 Å². The van der Waals surface area contributed by atoms with Crippen molar-refractivity contribution in [3.8, 4) is 0 Å². The second-order valence-electron chi connectivity index (χ2n) is 4.68. The molecule has 0 aliphatic carbocycles. The molecule has 0 aliphatic rings. The lowest BCUT2D eigenvalue weighted by Crippen LogP contribution is -2.42. The van der Waals surface area contributed by atoms with Crippen molar-refractivity contribution in [2.45, 2.75) is 6.54 Å². The molecule has 0 radical (unpaired) electrons. The number of nitrogens with one attached hydrogen (secondary N) is 2. The van der Waals surface area contributed by atoms with E-state index in [0.29, 0.717) is 21.8 Å². The fraction of sp³-hybridized carbons (Fsp3) is 0.143. The summed E-state index contributed by atoms with van der Waals surface area (Å²) in [4.78, 5) is 29.6. The number of benzene rings is 1. The number of fused-ring (bicyclic) bond motifs is 1. The minimum atomic E-state index is -0.661. The van der Waals surface area contributed by atoms with Gasteiger partial charge in [-0.3, -0.25) is 10.1 Å². The molecular formula is C14H12ClN5O4. The molecule has 0 saturated carbocycles. The second kappa shape index (κ2) is 7.01. The molecule has 0 spiro atoms. The van der Waals surface area contributed by atoms with E-state index >= 15 is 0 Å². The summed E-state index contributed by atoms with van der Waals surface area (Å²) in [5.74, 6) is -0.0718. The smallest absolute Gasteiger partial charge is 0.321 e. The number of aromatic nitrogens is 3. The van der Waals surface area contributed by atoms with Crippen LogP contribution >= 0.6 is 11.6 Å². The van der Waals surface area contributed by atoms with Gasteiger partial charge in [0.1, 0.15) is 16.8 Å². The molecule has 24 heavy (non-hydrogen) atoms. The average Bonchev–Trinajstić information content (AvgIpc) is 3.20. The van der Waals surface area contributed by atoms with Crippen LogP contribution < -0.4 is 15.5 Å². The molecule has 10 heteroatoms. The fourth-order valence-corrected chi connectivity index (χ4v) is 2.04. The summed E-state index contributed by atoms with van der Waals surface area (Å²) in [5.41, 5.74) is 1.08. The van der Waals surface area contributed by atoms with E-state index in [0.717, 1.165) is 4.85 Å². The zero-order chi connectivity index (χ0) is 16.9. The number of imide groups is 1. The molecule has 2 aromatic heterocycles. The lowest BCUT2D eigenvalue weighted by molar-refractivity contribution is -0.125. The second-order valence-corrected chi connectivity index (χ2v) is 5.12. The topological polar surface area (TPSA) is 111 Å². The number of rotatable bonds is 5. The van der Waals surface area contributed by atoms with Gasteiger partial charge in [-0.15, -0.1) is 5.10 Å². The van der Waals surface area contributed by atoms with E-state index in [1.807, 2.05) is 0 Å². The molecule has 2 N–H and O–H groups in total. The summed E-state index contributed by atoms with van der Waals surface area (Å²) in [6.07, 6.45) is 1.49. The summed E-state index contributed by atoms with van der Waals surface area (Å²) >= 11 is 5.89. The monoisotopic (exact) mass is 349 g/mol. The van der Waals surface area contributed by atoms with Crippen LogP contribution in [0.15, 0.2) is 41.0 Å². The summed E-state index contributed by atoms with van der Waals surface area (Å²) in [6, 6.07) is 7.68. The molecule has 0 aliphatic heterocycles. The SMILES string of the molecule is O=C(COn1nnc2ccc(Cl)cc21)NC(=O)NCc1ccco1. The molecule has 2 heterocycles. The zero-order valence-corrected chi connectivity index (χ0v) is 13.0. The largest absolute Gasteiger partial charge is 0.467 e. The maximum absolute atomic E-state index is 11.7. The number of amides is 3. The highest BCUT2D eigenvalue weighted by molar-refractivity contribution is 6.31. The predicted molar refractivity (Wildman–Crippen MR) is 83.1 cm³/mol. The van der Waals surface area contributed by atoms with Crippen LogP contribution in [0.1, 0.15) is 5.76 Å². The van der Waals surface area contributed by atoms with Crippen molar-refractivity contribution < 1.29 is 18.8 Å². The van der Waals surface area contributed by atoms with Gasteiger partial charge in [0.2, 0.25) is 0 Å². The number of urea groups is 1. The van der Waals surface area contributed by atoms with Gasteiger partial charge < -0.3 is 14.6 Å². The summed E-state index contributed by atoms with van der Waals surface area (Å²) in [5, 5.41) is 12.7. The van der Waals surface area contributed by atoms with E-state index in [2.05, 4.69) is 20.9 Å². The van der Waals surface area contributed by atoms with Gasteiger partial charge in [0, 0.05) is 5.02 Å². The third-order valence-electron chi connectivity index (χ3n) is 2.95.